The van der Waals surface area contributed by atoms with Crippen molar-refractivity contribution < 1.29 is 4.74 Å². The molecule has 2 aromatic rings. The molecule has 0 radical (unpaired) electrons. The molecule has 0 atom stereocenters. The highest BCUT2D eigenvalue weighted by Crippen LogP contribution is 2.14. The summed E-state index contributed by atoms with van der Waals surface area (Å²) in [6.45, 7) is 1.02. The zero-order valence-electron chi connectivity index (χ0n) is 10.4. The molecule has 0 spiro atoms. The number of nitrogens with zero attached hydrogens (tertiary/aromatic N) is 1. The van der Waals surface area contributed by atoms with Gasteiger partial charge in [-0.05, 0) is 24.3 Å². The second-order valence-electron chi connectivity index (χ2n) is 3.62. The van der Waals surface area contributed by atoms with Crippen LogP contribution in [0, 0.1) is 11.8 Å². The molecule has 2 rings (SSSR count). The van der Waals surface area contributed by atoms with Gasteiger partial charge in [0.25, 0.3) is 0 Å². The maximum absolute atomic E-state index is 5.63. The first-order valence-electron chi connectivity index (χ1n) is 5.92. The summed E-state index contributed by atoms with van der Waals surface area (Å²) in [5.74, 6) is 7.48. The fraction of sp³-hybridized carbons (Fsp3) is 0.214. The maximum atomic E-state index is 5.63. The highest BCUT2D eigenvalue weighted by atomic mass is 32.2. The summed E-state index contributed by atoms with van der Waals surface area (Å²) in [7, 11) is 0. The Balaban J connectivity index is 1.74. The molecule has 0 bridgehead atoms. The summed E-state index contributed by atoms with van der Waals surface area (Å²) in [5, 5.41) is 0.913. The Morgan fingerprint density at radius 2 is 2.16 bits per heavy atom. The zero-order chi connectivity index (χ0) is 13.3. The monoisotopic (exact) mass is 273 g/mol. The van der Waals surface area contributed by atoms with Crippen molar-refractivity contribution in [2.24, 2.45) is 5.73 Å². The molecule has 5 heteroatoms. The van der Waals surface area contributed by atoms with Crippen LogP contribution in [0.5, 0.6) is 5.75 Å². The third-order valence-corrected chi connectivity index (χ3v) is 3.12. The van der Waals surface area contributed by atoms with Crippen LogP contribution in [-0.2, 0) is 0 Å². The predicted molar refractivity (Wildman–Crippen MR) is 77.2 cm³/mol. The van der Waals surface area contributed by atoms with E-state index in [4.69, 9.17) is 10.5 Å². The van der Waals surface area contributed by atoms with Crippen LogP contribution in [0.15, 0.2) is 41.8 Å². The van der Waals surface area contributed by atoms with Gasteiger partial charge in [0.05, 0.1) is 13.2 Å². The SMILES string of the molecule is NCC#Cc1ccc(OCCSc2ncc[nH]2)cc1. The number of rotatable bonds is 5. The number of aromatic amines is 1. The first-order chi connectivity index (χ1) is 9.38. The Labute approximate surface area is 116 Å². The summed E-state index contributed by atoms with van der Waals surface area (Å²) < 4.78 is 5.63. The molecule has 0 unspecified atom stereocenters. The van der Waals surface area contributed by atoms with Crippen LogP contribution in [0.25, 0.3) is 0 Å². The average Bonchev–Trinajstić information content (AvgIpc) is 2.96. The van der Waals surface area contributed by atoms with E-state index in [1.54, 1.807) is 18.0 Å². The topological polar surface area (TPSA) is 63.9 Å². The summed E-state index contributed by atoms with van der Waals surface area (Å²) in [6.07, 6.45) is 3.55. The summed E-state index contributed by atoms with van der Waals surface area (Å²) in [5.41, 5.74) is 6.27. The molecule has 0 aliphatic carbocycles. The summed E-state index contributed by atoms with van der Waals surface area (Å²) in [6, 6.07) is 7.69. The number of hydrogen-bond acceptors (Lipinski definition) is 4. The largest absolute Gasteiger partial charge is 0.493 e. The number of imidazole rings is 1. The minimum absolute atomic E-state index is 0.377. The number of H-pyrrole nitrogens is 1. The highest BCUT2D eigenvalue weighted by molar-refractivity contribution is 7.99. The van der Waals surface area contributed by atoms with Crippen molar-refractivity contribution in [1.82, 2.24) is 9.97 Å². The number of nitrogens with one attached hydrogen (secondary N) is 1. The summed E-state index contributed by atoms with van der Waals surface area (Å²) >= 11 is 1.63. The van der Waals surface area contributed by atoms with E-state index in [-0.39, 0.29) is 0 Å². The number of nitrogens with two attached hydrogens (primary N) is 1. The van der Waals surface area contributed by atoms with Crippen molar-refractivity contribution in [3.8, 4) is 17.6 Å². The molecule has 0 fully saturated rings. The maximum Gasteiger partial charge on any atom is 0.165 e. The number of aromatic nitrogens is 2. The van der Waals surface area contributed by atoms with Crippen LogP contribution in [0.1, 0.15) is 5.56 Å². The van der Waals surface area contributed by atoms with Crippen LogP contribution in [-0.4, -0.2) is 28.9 Å². The van der Waals surface area contributed by atoms with Crippen LogP contribution in [0.2, 0.25) is 0 Å². The van der Waals surface area contributed by atoms with E-state index in [0.717, 1.165) is 22.2 Å². The molecule has 0 saturated carbocycles. The van der Waals surface area contributed by atoms with Gasteiger partial charge in [-0.3, -0.25) is 0 Å². The predicted octanol–water partition coefficient (Wildman–Crippen LogP) is 1.89. The van der Waals surface area contributed by atoms with E-state index >= 15 is 0 Å². The molecule has 98 valence electrons. The number of thioether (sulfide) groups is 1. The molecule has 0 aliphatic heterocycles. The van der Waals surface area contributed by atoms with Crippen molar-refractivity contribution in [2.75, 3.05) is 18.9 Å². The first kappa shape index (κ1) is 13.5. The van der Waals surface area contributed by atoms with E-state index in [9.17, 15) is 0 Å². The average molecular weight is 273 g/mol. The van der Waals surface area contributed by atoms with Gasteiger partial charge in [-0.1, -0.05) is 23.6 Å². The quantitative estimate of drug-likeness (QED) is 0.496. The fourth-order valence-corrected chi connectivity index (χ4v) is 2.06. The molecule has 0 aliphatic rings. The molecular formula is C14H15N3OS. The number of ether oxygens (including phenoxy) is 1. The molecule has 3 N–H and O–H groups in total. The molecule has 4 nitrogen and oxygen atoms in total. The lowest BCUT2D eigenvalue weighted by molar-refractivity contribution is 0.344. The molecule has 19 heavy (non-hydrogen) atoms. The smallest absolute Gasteiger partial charge is 0.165 e. The van der Waals surface area contributed by atoms with Gasteiger partial charge in [-0.15, -0.1) is 0 Å². The van der Waals surface area contributed by atoms with E-state index in [1.807, 2.05) is 30.5 Å². The second-order valence-corrected chi connectivity index (χ2v) is 4.71. The normalized spacial score (nSPS) is 9.74. The Morgan fingerprint density at radius 3 is 2.84 bits per heavy atom. The van der Waals surface area contributed by atoms with Crippen molar-refractivity contribution in [3.63, 3.8) is 0 Å². The van der Waals surface area contributed by atoms with E-state index < -0.39 is 0 Å². The lowest BCUT2D eigenvalue weighted by atomic mass is 10.2. The van der Waals surface area contributed by atoms with Gasteiger partial charge in [0.1, 0.15) is 5.75 Å². The van der Waals surface area contributed by atoms with Gasteiger partial charge in [-0.25, -0.2) is 4.98 Å². The van der Waals surface area contributed by atoms with Gasteiger partial charge in [0.15, 0.2) is 5.16 Å². The Morgan fingerprint density at radius 1 is 1.32 bits per heavy atom. The minimum Gasteiger partial charge on any atom is -0.493 e. The molecule has 0 saturated heterocycles. The highest BCUT2D eigenvalue weighted by Gasteiger charge is 1.97. The fourth-order valence-electron chi connectivity index (χ4n) is 1.42. The second kappa shape index (κ2) is 7.52. The Hall–Kier alpha value is -1.90. The van der Waals surface area contributed by atoms with Gasteiger partial charge < -0.3 is 15.5 Å². The number of hydrogen-bond donors (Lipinski definition) is 2. The third-order valence-electron chi connectivity index (χ3n) is 2.25. The van der Waals surface area contributed by atoms with E-state index in [0.29, 0.717) is 13.2 Å². The van der Waals surface area contributed by atoms with Gasteiger partial charge in [0.2, 0.25) is 0 Å². The number of benzene rings is 1. The Kier molecular flexibility index (Phi) is 5.35. The third kappa shape index (κ3) is 4.70. The molecule has 0 amide bonds. The minimum atomic E-state index is 0.377. The summed E-state index contributed by atoms with van der Waals surface area (Å²) in [4.78, 5) is 7.16. The van der Waals surface area contributed by atoms with Gasteiger partial charge in [-0.2, -0.15) is 0 Å². The van der Waals surface area contributed by atoms with Gasteiger partial charge >= 0.3 is 0 Å². The molecule has 1 aromatic heterocycles. The van der Waals surface area contributed by atoms with Crippen LogP contribution in [0.3, 0.4) is 0 Å². The van der Waals surface area contributed by atoms with Crippen molar-refractivity contribution in [2.45, 2.75) is 5.16 Å². The van der Waals surface area contributed by atoms with Crippen molar-refractivity contribution >= 4 is 11.8 Å². The van der Waals surface area contributed by atoms with E-state index in [2.05, 4.69) is 21.8 Å². The molecule has 1 aromatic carbocycles. The van der Waals surface area contributed by atoms with Crippen molar-refractivity contribution in [3.05, 3.63) is 42.2 Å². The molecular weight excluding hydrogens is 258 g/mol. The van der Waals surface area contributed by atoms with Gasteiger partial charge in [0, 0.05) is 23.7 Å². The van der Waals surface area contributed by atoms with Crippen LogP contribution < -0.4 is 10.5 Å². The Bertz CT molecular complexity index is 540. The first-order valence-corrected chi connectivity index (χ1v) is 6.91. The van der Waals surface area contributed by atoms with Crippen molar-refractivity contribution in [1.29, 1.82) is 0 Å². The van der Waals surface area contributed by atoms with E-state index in [1.165, 1.54) is 0 Å². The zero-order valence-corrected chi connectivity index (χ0v) is 11.2. The van der Waals surface area contributed by atoms with Crippen LogP contribution in [0.4, 0.5) is 0 Å². The lowest BCUT2D eigenvalue weighted by Crippen LogP contribution is -2.00. The molecule has 1 heterocycles. The lowest BCUT2D eigenvalue weighted by Gasteiger charge is -2.05. The standard InChI is InChI=1S/C14H15N3OS/c15-7-1-2-12-3-5-13(6-4-12)18-10-11-19-14-16-8-9-17-14/h3-6,8-9H,7,10-11,15H2,(H,16,17). The van der Waals surface area contributed by atoms with Crippen LogP contribution >= 0.6 is 11.8 Å².